The van der Waals surface area contributed by atoms with Crippen molar-refractivity contribution in [2.24, 2.45) is 11.3 Å². The van der Waals surface area contributed by atoms with Gasteiger partial charge in [0, 0.05) is 13.0 Å². The molecule has 0 radical (unpaired) electrons. The molecule has 0 aromatic rings. The summed E-state index contributed by atoms with van der Waals surface area (Å²) in [7, 11) is 0. The minimum atomic E-state index is 0.409. The van der Waals surface area contributed by atoms with Crippen molar-refractivity contribution in [3.63, 3.8) is 0 Å². The van der Waals surface area contributed by atoms with Crippen molar-refractivity contribution >= 4 is 0 Å². The molecule has 0 unspecified atom stereocenters. The van der Waals surface area contributed by atoms with E-state index in [0.717, 1.165) is 12.3 Å². The number of nitrogens with zero attached hydrogens (tertiary/aromatic N) is 2. The highest BCUT2D eigenvalue weighted by atomic mass is 15.1. The standard InChI is InChI=1S/C14H24N2/c1-2-3-13-4-10-16(11-5-13)12-14(6-7-14)8-9-15/h13H,2-8,10-12H2,1H3. The van der Waals surface area contributed by atoms with Gasteiger partial charge in [-0.05, 0) is 50.1 Å². The molecule has 1 aliphatic heterocycles. The van der Waals surface area contributed by atoms with Gasteiger partial charge in [-0.15, -0.1) is 0 Å². The van der Waals surface area contributed by atoms with Crippen LogP contribution in [0.15, 0.2) is 0 Å². The molecule has 0 aromatic heterocycles. The number of rotatable bonds is 5. The van der Waals surface area contributed by atoms with Crippen LogP contribution >= 0.6 is 0 Å². The van der Waals surface area contributed by atoms with E-state index >= 15 is 0 Å². The van der Waals surface area contributed by atoms with Gasteiger partial charge >= 0.3 is 0 Å². The van der Waals surface area contributed by atoms with Crippen LogP contribution in [0.5, 0.6) is 0 Å². The third-order valence-corrected chi connectivity index (χ3v) is 4.37. The van der Waals surface area contributed by atoms with E-state index in [1.165, 1.54) is 58.2 Å². The zero-order chi connectivity index (χ0) is 11.4. The number of nitriles is 1. The van der Waals surface area contributed by atoms with Gasteiger partial charge in [-0.2, -0.15) is 5.26 Å². The second-order valence-corrected chi connectivity index (χ2v) is 5.84. The van der Waals surface area contributed by atoms with Crippen LogP contribution in [-0.4, -0.2) is 24.5 Å². The molecule has 2 rings (SSSR count). The van der Waals surface area contributed by atoms with Crippen LogP contribution in [0.1, 0.15) is 51.9 Å². The van der Waals surface area contributed by atoms with E-state index < -0.39 is 0 Å². The van der Waals surface area contributed by atoms with Crippen molar-refractivity contribution in [3.05, 3.63) is 0 Å². The van der Waals surface area contributed by atoms with Gasteiger partial charge in [-0.3, -0.25) is 0 Å². The van der Waals surface area contributed by atoms with Gasteiger partial charge in [-0.1, -0.05) is 19.8 Å². The van der Waals surface area contributed by atoms with E-state index in [2.05, 4.69) is 17.9 Å². The van der Waals surface area contributed by atoms with Gasteiger partial charge in [0.05, 0.1) is 6.07 Å². The monoisotopic (exact) mass is 220 g/mol. The summed E-state index contributed by atoms with van der Waals surface area (Å²) in [5.41, 5.74) is 0.409. The topological polar surface area (TPSA) is 27.0 Å². The van der Waals surface area contributed by atoms with Crippen molar-refractivity contribution in [2.75, 3.05) is 19.6 Å². The van der Waals surface area contributed by atoms with Crippen LogP contribution in [0.25, 0.3) is 0 Å². The summed E-state index contributed by atoms with van der Waals surface area (Å²) in [5.74, 6) is 0.979. The Hall–Kier alpha value is -0.550. The fourth-order valence-electron chi connectivity index (χ4n) is 3.05. The maximum atomic E-state index is 8.81. The molecule has 0 atom stereocenters. The summed E-state index contributed by atoms with van der Waals surface area (Å²) in [4.78, 5) is 2.61. The van der Waals surface area contributed by atoms with Crippen LogP contribution in [-0.2, 0) is 0 Å². The molecule has 2 fully saturated rings. The van der Waals surface area contributed by atoms with Gasteiger partial charge in [0.1, 0.15) is 0 Å². The fourth-order valence-corrected chi connectivity index (χ4v) is 3.05. The lowest BCUT2D eigenvalue weighted by Crippen LogP contribution is -2.37. The predicted molar refractivity (Wildman–Crippen MR) is 66.0 cm³/mol. The Morgan fingerprint density at radius 3 is 2.50 bits per heavy atom. The molecule has 1 aliphatic carbocycles. The van der Waals surface area contributed by atoms with Gasteiger partial charge < -0.3 is 4.90 Å². The van der Waals surface area contributed by atoms with Crippen molar-refractivity contribution in [2.45, 2.75) is 51.9 Å². The van der Waals surface area contributed by atoms with Crippen LogP contribution in [0.2, 0.25) is 0 Å². The Morgan fingerprint density at radius 1 is 1.31 bits per heavy atom. The lowest BCUT2D eigenvalue weighted by atomic mass is 9.91. The Bertz CT molecular complexity index is 254. The molecule has 2 aliphatic rings. The number of piperidine rings is 1. The second-order valence-electron chi connectivity index (χ2n) is 5.84. The largest absolute Gasteiger partial charge is 0.303 e. The number of hydrogen-bond donors (Lipinski definition) is 0. The van der Waals surface area contributed by atoms with Crippen molar-refractivity contribution in [1.82, 2.24) is 4.90 Å². The fraction of sp³-hybridized carbons (Fsp3) is 0.929. The molecule has 0 N–H and O–H groups in total. The Morgan fingerprint density at radius 2 is 2.00 bits per heavy atom. The minimum Gasteiger partial charge on any atom is -0.303 e. The molecule has 16 heavy (non-hydrogen) atoms. The number of likely N-dealkylation sites (tertiary alicyclic amines) is 1. The highest BCUT2D eigenvalue weighted by molar-refractivity contribution is 5.01. The van der Waals surface area contributed by atoms with Gasteiger partial charge in [0.15, 0.2) is 0 Å². The molecule has 0 spiro atoms. The van der Waals surface area contributed by atoms with E-state index in [9.17, 15) is 0 Å². The minimum absolute atomic E-state index is 0.409. The maximum absolute atomic E-state index is 8.81. The van der Waals surface area contributed by atoms with Gasteiger partial charge in [0.25, 0.3) is 0 Å². The summed E-state index contributed by atoms with van der Waals surface area (Å²) in [6, 6.07) is 2.36. The first kappa shape index (κ1) is 11.9. The lowest BCUT2D eigenvalue weighted by molar-refractivity contribution is 0.150. The van der Waals surface area contributed by atoms with Crippen LogP contribution in [0.3, 0.4) is 0 Å². The zero-order valence-electron chi connectivity index (χ0n) is 10.5. The molecule has 90 valence electrons. The van der Waals surface area contributed by atoms with E-state index in [1.54, 1.807) is 0 Å². The molecule has 0 bridgehead atoms. The Kier molecular flexibility index (Phi) is 3.86. The molecule has 2 heteroatoms. The van der Waals surface area contributed by atoms with E-state index in [4.69, 9.17) is 5.26 Å². The Labute approximate surface area is 99.6 Å². The lowest BCUT2D eigenvalue weighted by Gasteiger charge is -2.34. The second kappa shape index (κ2) is 5.19. The molecule has 0 amide bonds. The average molecular weight is 220 g/mol. The summed E-state index contributed by atoms with van der Waals surface area (Å²) in [5, 5.41) is 8.81. The third-order valence-electron chi connectivity index (χ3n) is 4.37. The predicted octanol–water partition coefficient (Wildman–Crippen LogP) is 3.19. The van der Waals surface area contributed by atoms with Gasteiger partial charge in [-0.25, -0.2) is 0 Å². The molecule has 1 saturated heterocycles. The van der Waals surface area contributed by atoms with E-state index in [0.29, 0.717) is 5.41 Å². The van der Waals surface area contributed by atoms with Crippen LogP contribution < -0.4 is 0 Å². The smallest absolute Gasteiger partial charge is 0.0628 e. The molecular weight excluding hydrogens is 196 g/mol. The summed E-state index contributed by atoms with van der Waals surface area (Å²) >= 11 is 0. The van der Waals surface area contributed by atoms with Crippen molar-refractivity contribution in [1.29, 1.82) is 5.26 Å². The third kappa shape index (κ3) is 2.98. The maximum Gasteiger partial charge on any atom is 0.0628 e. The normalized spacial score (nSPS) is 25.2. The average Bonchev–Trinajstić information content (AvgIpc) is 3.02. The SMILES string of the molecule is CCCC1CCN(CC2(CC#N)CC2)CC1. The van der Waals surface area contributed by atoms with Crippen LogP contribution in [0, 0.1) is 22.7 Å². The van der Waals surface area contributed by atoms with Crippen molar-refractivity contribution in [3.8, 4) is 6.07 Å². The highest BCUT2D eigenvalue weighted by Crippen LogP contribution is 2.49. The summed E-state index contributed by atoms with van der Waals surface area (Å²) in [6.07, 6.45) is 8.87. The summed E-state index contributed by atoms with van der Waals surface area (Å²) < 4.78 is 0. The van der Waals surface area contributed by atoms with Crippen LogP contribution in [0.4, 0.5) is 0 Å². The highest BCUT2D eigenvalue weighted by Gasteiger charge is 2.43. The molecular formula is C14H24N2. The Balaban J connectivity index is 1.71. The first-order chi connectivity index (χ1) is 7.78. The van der Waals surface area contributed by atoms with E-state index in [-0.39, 0.29) is 0 Å². The molecule has 1 saturated carbocycles. The molecule has 2 nitrogen and oxygen atoms in total. The number of hydrogen-bond acceptors (Lipinski definition) is 2. The molecule has 1 heterocycles. The van der Waals surface area contributed by atoms with Crippen molar-refractivity contribution < 1.29 is 0 Å². The zero-order valence-corrected chi connectivity index (χ0v) is 10.5. The molecule has 0 aromatic carbocycles. The summed E-state index contributed by atoms with van der Waals surface area (Å²) in [6.45, 7) is 6.04. The van der Waals surface area contributed by atoms with E-state index in [1.807, 2.05) is 0 Å². The first-order valence-corrected chi connectivity index (χ1v) is 6.87. The van der Waals surface area contributed by atoms with Gasteiger partial charge in [0.2, 0.25) is 0 Å². The first-order valence-electron chi connectivity index (χ1n) is 6.87. The quantitative estimate of drug-likeness (QED) is 0.711.